The molecule has 2 heteroatoms. The van der Waals surface area contributed by atoms with Gasteiger partial charge in [-0.05, 0) is 12.8 Å². The fourth-order valence-electron chi connectivity index (χ4n) is 1.40. The van der Waals surface area contributed by atoms with Crippen LogP contribution in [0, 0.1) is 0 Å². The second kappa shape index (κ2) is 10.3. The molecule has 0 saturated heterocycles. The zero-order chi connectivity index (χ0) is 10.6. The van der Waals surface area contributed by atoms with Crippen molar-refractivity contribution in [1.29, 1.82) is 0 Å². The molecule has 0 rings (SSSR count). The van der Waals surface area contributed by atoms with Crippen molar-refractivity contribution in [2.24, 2.45) is 0 Å². The van der Waals surface area contributed by atoms with Gasteiger partial charge in [-0.1, -0.05) is 51.5 Å². The Balaban J connectivity index is 3.02. The lowest BCUT2D eigenvalue weighted by molar-refractivity contribution is -0.137. The Morgan fingerprint density at radius 3 is 2.14 bits per heavy atom. The smallest absolute Gasteiger partial charge is 0.242 e. The molecule has 2 nitrogen and oxygen atoms in total. The molecule has 0 aromatic heterocycles. The lowest BCUT2D eigenvalue weighted by Gasteiger charge is -1.98. The Hall–Kier alpha value is -0.790. The first-order valence-electron chi connectivity index (χ1n) is 5.65. The maximum atomic E-state index is 10.0. The number of hydrogen-bond donors (Lipinski definition) is 0. The Morgan fingerprint density at radius 2 is 1.57 bits per heavy atom. The van der Waals surface area contributed by atoms with Gasteiger partial charge in [-0.3, -0.25) is 0 Å². The molecule has 1 radical (unpaired) electrons. The van der Waals surface area contributed by atoms with Crippen molar-refractivity contribution < 1.29 is 9.90 Å². The van der Waals surface area contributed by atoms with Crippen molar-refractivity contribution >= 4 is 5.97 Å². The molecule has 0 N–H and O–H groups in total. The van der Waals surface area contributed by atoms with Crippen molar-refractivity contribution in [2.75, 3.05) is 0 Å². The summed E-state index contributed by atoms with van der Waals surface area (Å²) in [4.78, 5) is 10.0. The number of unbranched alkanes of at least 4 members (excludes halogenated alkanes) is 7. The summed E-state index contributed by atoms with van der Waals surface area (Å²) in [5.41, 5.74) is 0. The summed E-state index contributed by atoms with van der Waals surface area (Å²) < 4.78 is 0. The van der Waals surface area contributed by atoms with Gasteiger partial charge in [0.2, 0.25) is 0 Å². The van der Waals surface area contributed by atoms with E-state index in [4.69, 9.17) is 0 Å². The van der Waals surface area contributed by atoms with Crippen LogP contribution in [-0.4, -0.2) is 5.97 Å². The minimum atomic E-state index is -1.09. The van der Waals surface area contributed by atoms with E-state index in [1.54, 1.807) is 6.08 Å². The van der Waals surface area contributed by atoms with Crippen molar-refractivity contribution in [3.8, 4) is 0 Å². The highest BCUT2D eigenvalue weighted by Crippen LogP contribution is 2.08. The number of carbonyl (C=O) groups excluding carboxylic acids is 1. The molecule has 0 aliphatic carbocycles. The van der Waals surface area contributed by atoms with E-state index in [2.05, 4.69) is 6.92 Å². The summed E-state index contributed by atoms with van der Waals surface area (Å²) >= 11 is 0. The third kappa shape index (κ3) is 11.2. The highest BCUT2D eigenvalue weighted by atomic mass is 16.4. The molecular weight excluding hydrogens is 176 g/mol. The number of rotatable bonds is 9. The average Bonchev–Trinajstić information content (AvgIpc) is 2.15. The summed E-state index contributed by atoms with van der Waals surface area (Å²) in [7, 11) is 0. The fourth-order valence-corrected chi connectivity index (χ4v) is 1.40. The summed E-state index contributed by atoms with van der Waals surface area (Å²) in [6.45, 7) is 2.21. The van der Waals surface area contributed by atoms with Crippen LogP contribution < -0.4 is 0 Å². The summed E-state index contributed by atoms with van der Waals surface area (Å²) in [6, 6.07) is 0. The molecule has 0 unspecified atom stereocenters. The molecule has 0 heterocycles. The molecular formula is C12H21O2. The van der Waals surface area contributed by atoms with E-state index in [0.29, 0.717) is 0 Å². The van der Waals surface area contributed by atoms with Gasteiger partial charge in [0, 0.05) is 6.08 Å². The van der Waals surface area contributed by atoms with Crippen LogP contribution >= 0.6 is 0 Å². The molecule has 14 heavy (non-hydrogen) atoms. The van der Waals surface area contributed by atoms with E-state index in [-0.39, 0.29) is 0 Å². The first kappa shape index (κ1) is 13.2. The molecule has 0 spiro atoms. The second-order valence-electron chi connectivity index (χ2n) is 3.63. The fraction of sp³-hybridized carbons (Fsp3) is 0.750. The lowest BCUT2D eigenvalue weighted by Crippen LogP contribution is -1.83. The SMILES string of the molecule is CCCCCCCCCC=CC([O])=O. The van der Waals surface area contributed by atoms with E-state index in [1.807, 2.05) is 0 Å². The Bertz CT molecular complexity index is 162. The maximum Gasteiger partial charge on any atom is 0.378 e. The third-order valence-corrected chi connectivity index (χ3v) is 2.23. The van der Waals surface area contributed by atoms with Gasteiger partial charge in [0.15, 0.2) is 0 Å². The molecule has 0 amide bonds. The van der Waals surface area contributed by atoms with Gasteiger partial charge in [-0.15, -0.1) is 0 Å². The summed E-state index contributed by atoms with van der Waals surface area (Å²) in [5, 5.41) is 10.0. The minimum Gasteiger partial charge on any atom is -0.242 e. The molecule has 0 aromatic rings. The van der Waals surface area contributed by atoms with Crippen LogP contribution in [0.2, 0.25) is 0 Å². The number of allylic oxidation sites excluding steroid dienone is 1. The maximum absolute atomic E-state index is 10.0. The number of carbonyl (C=O) groups is 1. The van der Waals surface area contributed by atoms with Crippen molar-refractivity contribution in [3.05, 3.63) is 12.2 Å². The standard InChI is InChI=1S/C12H21O2/c1-2-3-4-5-6-7-8-9-10-11-12(13)14/h10-11H,2-9H2,1H3. The van der Waals surface area contributed by atoms with E-state index in [9.17, 15) is 9.90 Å². The van der Waals surface area contributed by atoms with Gasteiger partial charge in [-0.25, -0.2) is 9.90 Å². The summed E-state index contributed by atoms with van der Waals surface area (Å²) in [6.07, 6.45) is 12.5. The van der Waals surface area contributed by atoms with E-state index in [1.165, 1.54) is 38.5 Å². The molecule has 0 atom stereocenters. The van der Waals surface area contributed by atoms with E-state index >= 15 is 0 Å². The topological polar surface area (TPSA) is 37.0 Å². The largest absolute Gasteiger partial charge is 0.378 e. The van der Waals surface area contributed by atoms with Crippen LogP contribution in [0.1, 0.15) is 58.3 Å². The highest BCUT2D eigenvalue weighted by Gasteiger charge is 1.90. The predicted molar refractivity (Wildman–Crippen MR) is 57.4 cm³/mol. The Labute approximate surface area is 87.0 Å². The average molecular weight is 197 g/mol. The van der Waals surface area contributed by atoms with Gasteiger partial charge in [-0.2, -0.15) is 0 Å². The van der Waals surface area contributed by atoms with Crippen LogP contribution in [0.3, 0.4) is 0 Å². The minimum absolute atomic E-state index is 0.863. The van der Waals surface area contributed by atoms with Crippen molar-refractivity contribution in [3.63, 3.8) is 0 Å². The van der Waals surface area contributed by atoms with E-state index in [0.717, 1.165) is 18.9 Å². The molecule has 0 saturated carbocycles. The van der Waals surface area contributed by atoms with Gasteiger partial charge >= 0.3 is 5.97 Å². The molecule has 0 fully saturated rings. The molecule has 0 aromatic carbocycles. The predicted octanol–water partition coefficient (Wildman–Crippen LogP) is 3.64. The van der Waals surface area contributed by atoms with Crippen molar-refractivity contribution in [2.45, 2.75) is 58.3 Å². The van der Waals surface area contributed by atoms with Crippen LogP contribution in [-0.2, 0) is 9.90 Å². The third-order valence-electron chi connectivity index (χ3n) is 2.23. The van der Waals surface area contributed by atoms with Crippen LogP contribution in [0.5, 0.6) is 0 Å². The van der Waals surface area contributed by atoms with Crippen LogP contribution in [0.15, 0.2) is 12.2 Å². The molecule has 0 aliphatic heterocycles. The van der Waals surface area contributed by atoms with Crippen LogP contribution in [0.25, 0.3) is 0 Å². The quantitative estimate of drug-likeness (QED) is 0.410. The monoisotopic (exact) mass is 197 g/mol. The molecule has 0 aliphatic rings. The first-order valence-corrected chi connectivity index (χ1v) is 5.65. The molecule has 0 bridgehead atoms. The number of hydrogen-bond acceptors (Lipinski definition) is 1. The van der Waals surface area contributed by atoms with Gasteiger partial charge in [0.05, 0.1) is 0 Å². The summed E-state index contributed by atoms with van der Waals surface area (Å²) in [5.74, 6) is -1.09. The Morgan fingerprint density at radius 1 is 1.00 bits per heavy atom. The lowest BCUT2D eigenvalue weighted by atomic mass is 10.1. The first-order chi connectivity index (χ1) is 6.77. The molecule has 81 valence electrons. The highest BCUT2D eigenvalue weighted by molar-refractivity contribution is 5.79. The Kier molecular flexibility index (Phi) is 9.71. The van der Waals surface area contributed by atoms with Gasteiger partial charge in [0.1, 0.15) is 0 Å². The zero-order valence-electron chi connectivity index (χ0n) is 9.13. The van der Waals surface area contributed by atoms with Crippen LogP contribution in [0.4, 0.5) is 0 Å². The van der Waals surface area contributed by atoms with Gasteiger partial charge in [0.25, 0.3) is 0 Å². The van der Waals surface area contributed by atoms with Crippen molar-refractivity contribution in [1.82, 2.24) is 0 Å². The normalized spacial score (nSPS) is 10.9. The second-order valence-corrected chi connectivity index (χ2v) is 3.63. The van der Waals surface area contributed by atoms with Gasteiger partial charge < -0.3 is 0 Å². The van der Waals surface area contributed by atoms with E-state index < -0.39 is 5.97 Å². The zero-order valence-corrected chi connectivity index (χ0v) is 9.13.